The second kappa shape index (κ2) is 3.96. The lowest BCUT2D eigenvalue weighted by molar-refractivity contribution is 0.767. The van der Waals surface area contributed by atoms with Crippen molar-refractivity contribution in [2.24, 2.45) is 0 Å². The lowest BCUT2D eigenvalue weighted by atomic mass is 10.2. The smallest absolute Gasteiger partial charge is 0.152 e. The Morgan fingerprint density at radius 2 is 2.20 bits per heavy atom. The number of nitrogens with zero attached hydrogens (tertiary/aromatic N) is 3. The first-order valence-electron chi connectivity index (χ1n) is 4.85. The van der Waals surface area contributed by atoms with E-state index in [1.54, 1.807) is 6.20 Å². The quantitative estimate of drug-likeness (QED) is 0.866. The molecule has 0 fully saturated rings. The summed E-state index contributed by atoms with van der Waals surface area (Å²) >= 11 is 2.25. The van der Waals surface area contributed by atoms with Crippen LogP contribution in [0.1, 0.15) is 25.6 Å². The van der Waals surface area contributed by atoms with Gasteiger partial charge in [0.15, 0.2) is 5.82 Å². The van der Waals surface area contributed by atoms with Gasteiger partial charge in [0.05, 0.1) is 0 Å². The molecule has 80 valence electrons. The maximum Gasteiger partial charge on any atom is 0.152 e. The van der Waals surface area contributed by atoms with E-state index < -0.39 is 0 Å². The van der Waals surface area contributed by atoms with Crippen LogP contribution in [-0.2, 0) is 0 Å². The molecule has 0 unspecified atom stereocenters. The topological polar surface area (TPSA) is 42.2 Å². The standard InChI is InChI=1S/C10H13IN4/c1-6(2)10-14-8(11)7-9(12-3)13-4-5-15(7)10/h4-6H,1-3H3,(H,12,13). The van der Waals surface area contributed by atoms with Crippen molar-refractivity contribution in [3.63, 3.8) is 0 Å². The van der Waals surface area contributed by atoms with Gasteiger partial charge in [0.25, 0.3) is 0 Å². The Bertz CT molecular complexity index is 489. The molecule has 0 aliphatic carbocycles. The van der Waals surface area contributed by atoms with Crippen molar-refractivity contribution in [2.45, 2.75) is 19.8 Å². The van der Waals surface area contributed by atoms with Crippen LogP contribution in [-0.4, -0.2) is 21.4 Å². The Hall–Kier alpha value is -0.850. The van der Waals surface area contributed by atoms with Gasteiger partial charge in [0.2, 0.25) is 0 Å². The first kappa shape index (κ1) is 10.7. The summed E-state index contributed by atoms with van der Waals surface area (Å²) in [5, 5.41) is 3.09. The Morgan fingerprint density at radius 3 is 2.80 bits per heavy atom. The minimum absolute atomic E-state index is 0.410. The van der Waals surface area contributed by atoms with Crippen LogP contribution < -0.4 is 5.32 Å². The van der Waals surface area contributed by atoms with Crippen molar-refractivity contribution in [3.8, 4) is 0 Å². The van der Waals surface area contributed by atoms with Gasteiger partial charge in [-0.25, -0.2) is 9.97 Å². The number of rotatable bonds is 2. The molecule has 0 saturated carbocycles. The lowest BCUT2D eigenvalue weighted by Gasteiger charge is -2.05. The summed E-state index contributed by atoms with van der Waals surface area (Å²) in [6.07, 6.45) is 3.75. The van der Waals surface area contributed by atoms with Crippen LogP contribution in [0.5, 0.6) is 0 Å². The molecular weight excluding hydrogens is 303 g/mol. The maximum absolute atomic E-state index is 4.57. The summed E-state index contributed by atoms with van der Waals surface area (Å²) < 4.78 is 3.10. The molecule has 0 spiro atoms. The van der Waals surface area contributed by atoms with Gasteiger partial charge in [0, 0.05) is 25.4 Å². The van der Waals surface area contributed by atoms with Crippen LogP contribution in [0.25, 0.3) is 5.52 Å². The highest BCUT2D eigenvalue weighted by Gasteiger charge is 2.14. The summed E-state index contributed by atoms with van der Waals surface area (Å²) in [6, 6.07) is 0. The minimum Gasteiger partial charge on any atom is -0.371 e. The molecule has 1 N–H and O–H groups in total. The molecule has 15 heavy (non-hydrogen) atoms. The second-order valence-electron chi connectivity index (χ2n) is 3.66. The molecule has 0 aromatic carbocycles. The first-order valence-corrected chi connectivity index (χ1v) is 5.93. The summed E-state index contributed by atoms with van der Waals surface area (Å²) in [7, 11) is 1.88. The summed E-state index contributed by atoms with van der Waals surface area (Å²) in [5.41, 5.74) is 1.06. The van der Waals surface area contributed by atoms with Crippen molar-refractivity contribution in [1.82, 2.24) is 14.4 Å². The molecule has 2 aromatic heterocycles. The predicted molar refractivity (Wildman–Crippen MR) is 69.3 cm³/mol. The molecule has 2 aromatic rings. The zero-order valence-electron chi connectivity index (χ0n) is 8.95. The Kier molecular flexibility index (Phi) is 2.81. The van der Waals surface area contributed by atoms with E-state index in [4.69, 9.17) is 0 Å². The Morgan fingerprint density at radius 1 is 1.47 bits per heavy atom. The van der Waals surface area contributed by atoms with Crippen LogP contribution >= 0.6 is 22.6 Å². The Labute approximate surface area is 102 Å². The average Bonchev–Trinajstić information content (AvgIpc) is 2.56. The molecule has 0 aliphatic heterocycles. The molecule has 5 heteroatoms. The molecule has 0 radical (unpaired) electrons. The summed E-state index contributed by atoms with van der Waals surface area (Å²) in [5.74, 6) is 2.36. The molecular formula is C10H13IN4. The zero-order chi connectivity index (χ0) is 11.0. The summed E-state index contributed by atoms with van der Waals surface area (Å²) in [4.78, 5) is 8.85. The fourth-order valence-electron chi connectivity index (χ4n) is 1.61. The number of nitrogens with one attached hydrogen (secondary N) is 1. The maximum atomic E-state index is 4.57. The molecule has 0 saturated heterocycles. The highest BCUT2D eigenvalue weighted by atomic mass is 127. The third-order valence-corrected chi connectivity index (χ3v) is 3.04. The first-order chi connectivity index (χ1) is 7.15. The molecule has 2 rings (SSSR count). The zero-order valence-corrected chi connectivity index (χ0v) is 11.1. The fraction of sp³-hybridized carbons (Fsp3) is 0.400. The highest BCUT2D eigenvalue weighted by Crippen LogP contribution is 2.24. The van der Waals surface area contributed by atoms with Crippen molar-refractivity contribution in [3.05, 3.63) is 21.9 Å². The van der Waals surface area contributed by atoms with Gasteiger partial charge in [-0.1, -0.05) is 13.8 Å². The highest BCUT2D eigenvalue weighted by molar-refractivity contribution is 14.1. The largest absolute Gasteiger partial charge is 0.371 e. The molecule has 0 amide bonds. The number of imidazole rings is 1. The van der Waals surface area contributed by atoms with Gasteiger partial charge in [-0.05, 0) is 22.6 Å². The molecule has 2 heterocycles. The van der Waals surface area contributed by atoms with E-state index in [1.807, 2.05) is 13.2 Å². The van der Waals surface area contributed by atoms with Gasteiger partial charge in [-0.3, -0.25) is 4.40 Å². The van der Waals surface area contributed by atoms with Gasteiger partial charge in [-0.2, -0.15) is 0 Å². The van der Waals surface area contributed by atoms with Gasteiger partial charge in [0.1, 0.15) is 15.0 Å². The van der Waals surface area contributed by atoms with Gasteiger partial charge in [-0.15, -0.1) is 0 Å². The molecule has 0 atom stereocenters. The monoisotopic (exact) mass is 316 g/mol. The van der Waals surface area contributed by atoms with Crippen LogP contribution in [0.3, 0.4) is 0 Å². The van der Waals surface area contributed by atoms with E-state index in [0.29, 0.717) is 5.92 Å². The molecule has 0 aliphatic rings. The van der Waals surface area contributed by atoms with Crippen LogP contribution in [0.4, 0.5) is 5.82 Å². The molecule has 4 nitrogen and oxygen atoms in total. The van der Waals surface area contributed by atoms with Crippen LogP contribution in [0.2, 0.25) is 0 Å². The third kappa shape index (κ3) is 1.68. The van der Waals surface area contributed by atoms with Crippen molar-refractivity contribution in [1.29, 1.82) is 0 Å². The van der Waals surface area contributed by atoms with E-state index in [9.17, 15) is 0 Å². The van der Waals surface area contributed by atoms with E-state index in [-0.39, 0.29) is 0 Å². The summed E-state index contributed by atoms with van der Waals surface area (Å²) in [6.45, 7) is 4.29. The number of fused-ring (bicyclic) bond motifs is 1. The molecule has 0 bridgehead atoms. The Balaban J connectivity index is 2.79. The lowest BCUT2D eigenvalue weighted by Crippen LogP contribution is -2.00. The van der Waals surface area contributed by atoms with Crippen molar-refractivity contribution < 1.29 is 0 Å². The van der Waals surface area contributed by atoms with Crippen molar-refractivity contribution >= 4 is 33.9 Å². The van der Waals surface area contributed by atoms with E-state index in [1.165, 1.54) is 0 Å². The van der Waals surface area contributed by atoms with E-state index in [0.717, 1.165) is 20.9 Å². The van der Waals surface area contributed by atoms with Gasteiger partial charge < -0.3 is 5.32 Å². The van der Waals surface area contributed by atoms with Crippen LogP contribution in [0.15, 0.2) is 12.4 Å². The van der Waals surface area contributed by atoms with Gasteiger partial charge >= 0.3 is 0 Å². The number of anilines is 1. The number of hydrogen-bond donors (Lipinski definition) is 1. The van der Waals surface area contributed by atoms with E-state index >= 15 is 0 Å². The second-order valence-corrected chi connectivity index (χ2v) is 4.68. The normalized spacial score (nSPS) is 11.3. The third-order valence-electron chi connectivity index (χ3n) is 2.29. The van der Waals surface area contributed by atoms with Crippen molar-refractivity contribution in [2.75, 3.05) is 12.4 Å². The fourth-order valence-corrected chi connectivity index (χ4v) is 2.37. The van der Waals surface area contributed by atoms with E-state index in [2.05, 4.69) is 56.1 Å². The average molecular weight is 316 g/mol. The number of halogens is 1. The minimum atomic E-state index is 0.410. The number of hydrogen-bond acceptors (Lipinski definition) is 3. The number of aromatic nitrogens is 3. The SMILES string of the molecule is CNc1nccn2c(C(C)C)nc(I)c12. The predicted octanol–water partition coefficient (Wildman–Crippen LogP) is 2.50. The van der Waals surface area contributed by atoms with Crippen LogP contribution in [0, 0.1) is 3.70 Å².